The number of benzene rings is 1. The third-order valence-electron chi connectivity index (χ3n) is 4.26. The minimum atomic E-state index is 0.00741. The summed E-state index contributed by atoms with van der Waals surface area (Å²) in [6.45, 7) is 3.40. The number of hydrogen-bond acceptors (Lipinski definition) is 5. The quantitative estimate of drug-likeness (QED) is 0.909. The highest BCUT2D eigenvalue weighted by molar-refractivity contribution is 5.76. The fourth-order valence-corrected chi connectivity index (χ4v) is 2.91. The molecule has 1 saturated heterocycles. The van der Waals surface area contributed by atoms with Gasteiger partial charge in [0.15, 0.2) is 0 Å². The number of likely N-dealkylation sites (tertiary alicyclic amines) is 1. The van der Waals surface area contributed by atoms with Crippen molar-refractivity contribution in [2.45, 2.75) is 38.8 Å². The van der Waals surface area contributed by atoms with Gasteiger partial charge in [-0.2, -0.15) is 4.80 Å². The second-order valence-electron chi connectivity index (χ2n) is 5.98. The number of aryl methyl sites for hydroxylation is 1. The van der Waals surface area contributed by atoms with Crippen LogP contribution in [0.15, 0.2) is 24.3 Å². The zero-order chi connectivity index (χ0) is 16.2. The second-order valence-corrected chi connectivity index (χ2v) is 5.98. The Morgan fingerprint density at radius 2 is 2.09 bits per heavy atom. The van der Waals surface area contributed by atoms with E-state index in [2.05, 4.69) is 15.4 Å². The number of amides is 1. The molecule has 122 valence electrons. The van der Waals surface area contributed by atoms with Gasteiger partial charge >= 0.3 is 0 Å². The largest absolute Gasteiger partial charge is 0.337 e. The van der Waals surface area contributed by atoms with Gasteiger partial charge in [0, 0.05) is 24.7 Å². The molecule has 2 N–H and O–H groups in total. The van der Waals surface area contributed by atoms with Crippen molar-refractivity contribution in [1.82, 2.24) is 25.1 Å². The lowest BCUT2D eigenvalue weighted by molar-refractivity contribution is -0.135. The van der Waals surface area contributed by atoms with Crippen LogP contribution < -0.4 is 5.73 Å². The molecule has 1 fully saturated rings. The van der Waals surface area contributed by atoms with Crippen LogP contribution in [0, 0.1) is 6.92 Å². The Hall–Kier alpha value is -2.28. The van der Waals surface area contributed by atoms with Crippen molar-refractivity contribution in [3.05, 3.63) is 29.8 Å². The topological polar surface area (TPSA) is 89.9 Å². The fraction of sp³-hybridized carbons (Fsp3) is 0.500. The van der Waals surface area contributed by atoms with Gasteiger partial charge in [-0.3, -0.25) is 4.79 Å². The summed E-state index contributed by atoms with van der Waals surface area (Å²) in [4.78, 5) is 15.7. The summed E-state index contributed by atoms with van der Waals surface area (Å²) < 4.78 is 0. The lowest BCUT2D eigenvalue weighted by Gasteiger charge is -2.34. The van der Waals surface area contributed by atoms with Crippen molar-refractivity contribution in [2.24, 2.45) is 5.73 Å². The molecule has 1 unspecified atom stereocenters. The molecule has 1 aromatic carbocycles. The van der Waals surface area contributed by atoms with Gasteiger partial charge in [-0.25, -0.2) is 0 Å². The highest BCUT2D eigenvalue weighted by Gasteiger charge is 2.26. The maximum atomic E-state index is 12.5. The van der Waals surface area contributed by atoms with E-state index >= 15 is 0 Å². The summed E-state index contributed by atoms with van der Waals surface area (Å²) >= 11 is 0. The average Bonchev–Trinajstić information content (AvgIpc) is 3.04. The fourth-order valence-electron chi connectivity index (χ4n) is 2.91. The molecule has 0 aliphatic carbocycles. The van der Waals surface area contributed by atoms with Gasteiger partial charge in [-0.15, -0.1) is 10.2 Å². The van der Waals surface area contributed by atoms with Crippen LogP contribution in [0.3, 0.4) is 0 Å². The molecular formula is C16H22N6O. The molecule has 0 spiro atoms. The second kappa shape index (κ2) is 6.87. The Morgan fingerprint density at radius 3 is 2.83 bits per heavy atom. The Labute approximate surface area is 135 Å². The molecule has 23 heavy (non-hydrogen) atoms. The summed E-state index contributed by atoms with van der Waals surface area (Å²) in [6, 6.07) is 8.04. The zero-order valence-corrected chi connectivity index (χ0v) is 13.4. The monoisotopic (exact) mass is 314 g/mol. The first-order chi connectivity index (χ1) is 11.2. The zero-order valence-electron chi connectivity index (χ0n) is 13.4. The van der Waals surface area contributed by atoms with Gasteiger partial charge in [-0.05, 0) is 31.4 Å². The van der Waals surface area contributed by atoms with E-state index in [0.29, 0.717) is 12.4 Å². The van der Waals surface area contributed by atoms with Crippen molar-refractivity contribution in [2.75, 3.05) is 13.1 Å². The Kier molecular flexibility index (Phi) is 4.66. The molecule has 1 amide bonds. The summed E-state index contributed by atoms with van der Waals surface area (Å²) in [5.41, 5.74) is 7.84. The van der Waals surface area contributed by atoms with Gasteiger partial charge in [-0.1, -0.05) is 29.8 Å². The van der Waals surface area contributed by atoms with Crippen LogP contribution in [0.1, 0.15) is 24.8 Å². The SMILES string of the molecule is Cc1ccc(-c2nnn(CC(=O)N3CCCCC3CN)n2)cc1. The maximum Gasteiger partial charge on any atom is 0.246 e. The lowest BCUT2D eigenvalue weighted by Crippen LogP contribution is -2.48. The number of piperidine rings is 1. The van der Waals surface area contributed by atoms with E-state index in [-0.39, 0.29) is 18.5 Å². The average molecular weight is 314 g/mol. The molecule has 1 aliphatic rings. The molecule has 0 bridgehead atoms. The first-order valence-corrected chi connectivity index (χ1v) is 8.02. The maximum absolute atomic E-state index is 12.5. The number of aromatic nitrogens is 4. The minimum Gasteiger partial charge on any atom is -0.337 e. The number of carbonyl (C=O) groups excluding carboxylic acids is 1. The van der Waals surface area contributed by atoms with Gasteiger partial charge in [0.05, 0.1) is 0 Å². The van der Waals surface area contributed by atoms with Gasteiger partial charge in [0.2, 0.25) is 11.7 Å². The van der Waals surface area contributed by atoms with Crippen LogP contribution >= 0.6 is 0 Å². The van der Waals surface area contributed by atoms with Crippen molar-refractivity contribution in [1.29, 1.82) is 0 Å². The summed E-state index contributed by atoms with van der Waals surface area (Å²) in [7, 11) is 0. The summed E-state index contributed by atoms with van der Waals surface area (Å²) in [5.74, 6) is 0.542. The predicted molar refractivity (Wildman–Crippen MR) is 86.4 cm³/mol. The standard InChI is InChI=1S/C16H22N6O/c1-12-5-7-13(8-6-12)16-18-20-22(19-16)11-15(23)21-9-3-2-4-14(21)10-17/h5-8,14H,2-4,9-11,17H2,1H3. The van der Waals surface area contributed by atoms with Crippen LogP contribution in [0.4, 0.5) is 0 Å². The highest BCUT2D eigenvalue weighted by atomic mass is 16.2. The number of hydrogen-bond donors (Lipinski definition) is 1. The number of carbonyl (C=O) groups is 1. The molecule has 7 heteroatoms. The van der Waals surface area contributed by atoms with Crippen molar-refractivity contribution in [3.8, 4) is 11.4 Å². The highest BCUT2D eigenvalue weighted by Crippen LogP contribution is 2.17. The van der Waals surface area contributed by atoms with E-state index in [4.69, 9.17) is 5.73 Å². The third kappa shape index (κ3) is 3.56. The minimum absolute atomic E-state index is 0.00741. The van der Waals surface area contributed by atoms with Crippen LogP contribution in [0.2, 0.25) is 0 Å². The van der Waals surface area contributed by atoms with E-state index < -0.39 is 0 Å². The molecule has 2 heterocycles. The summed E-state index contributed by atoms with van der Waals surface area (Å²) in [6.07, 6.45) is 3.13. The van der Waals surface area contributed by atoms with Crippen LogP contribution in [-0.2, 0) is 11.3 Å². The lowest BCUT2D eigenvalue weighted by atomic mass is 10.0. The van der Waals surface area contributed by atoms with E-state index in [0.717, 1.165) is 31.4 Å². The first-order valence-electron chi connectivity index (χ1n) is 8.02. The van der Waals surface area contributed by atoms with E-state index in [9.17, 15) is 4.79 Å². The van der Waals surface area contributed by atoms with Gasteiger partial charge in [0.1, 0.15) is 6.54 Å². The van der Waals surface area contributed by atoms with E-state index in [1.54, 1.807) is 0 Å². The smallest absolute Gasteiger partial charge is 0.246 e. The molecular weight excluding hydrogens is 292 g/mol. The number of tetrazole rings is 1. The van der Waals surface area contributed by atoms with Crippen molar-refractivity contribution < 1.29 is 4.79 Å². The Bertz CT molecular complexity index is 665. The number of rotatable bonds is 4. The Balaban J connectivity index is 1.68. The number of nitrogens with zero attached hydrogens (tertiary/aromatic N) is 5. The first kappa shape index (κ1) is 15.6. The predicted octanol–water partition coefficient (Wildman–Crippen LogP) is 0.988. The number of nitrogens with two attached hydrogens (primary N) is 1. The molecule has 0 radical (unpaired) electrons. The van der Waals surface area contributed by atoms with Gasteiger partial charge in [0.25, 0.3) is 0 Å². The molecule has 0 saturated carbocycles. The molecule has 3 rings (SSSR count). The third-order valence-corrected chi connectivity index (χ3v) is 4.26. The molecule has 1 aliphatic heterocycles. The van der Waals surface area contributed by atoms with Gasteiger partial charge < -0.3 is 10.6 Å². The molecule has 7 nitrogen and oxygen atoms in total. The van der Waals surface area contributed by atoms with E-state index in [1.165, 1.54) is 10.4 Å². The van der Waals surface area contributed by atoms with Crippen LogP contribution in [0.5, 0.6) is 0 Å². The Morgan fingerprint density at radius 1 is 1.30 bits per heavy atom. The van der Waals surface area contributed by atoms with Crippen LogP contribution in [-0.4, -0.2) is 50.1 Å². The summed E-state index contributed by atoms with van der Waals surface area (Å²) in [5, 5.41) is 12.3. The van der Waals surface area contributed by atoms with E-state index in [1.807, 2.05) is 36.1 Å². The molecule has 1 atom stereocenters. The van der Waals surface area contributed by atoms with Crippen LogP contribution in [0.25, 0.3) is 11.4 Å². The molecule has 1 aromatic heterocycles. The molecule has 2 aromatic rings. The van der Waals surface area contributed by atoms with Crippen molar-refractivity contribution >= 4 is 5.91 Å². The van der Waals surface area contributed by atoms with Crippen molar-refractivity contribution in [3.63, 3.8) is 0 Å². The normalized spacial score (nSPS) is 18.2.